The van der Waals surface area contributed by atoms with Gasteiger partial charge in [0.2, 0.25) is 0 Å². The van der Waals surface area contributed by atoms with Gasteiger partial charge >= 0.3 is 0 Å². The number of hydrogen-bond donors (Lipinski definition) is 0. The van der Waals surface area contributed by atoms with Crippen molar-refractivity contribution in [2.75, 3.05) is 9.80 Å². The summed E-state index contributed by atoms with van der Waals surface area (Å²) in [4.78, 5) is 5.29. The van der Waals surface area contributed by atoms with Crippen molar-refractivity contribution in [1.82, 2.24) is 4.57 Å². The second kappa shape index (κ2) is 22.6. The predicted octanol–water partition coefficient (Wildman–Crippen LogP) is 24.2. The molecule has 96 heavy (non-hydrogen) atoms. The second-order valence-corrected chi connectivity index (χ2v) is 36.6. The molecule has 0 atom stereocenters. The average molecular weight is 1260 g/mol. The molecule has 4 heteroatoms. The first kappa shape index (κ1) is 66.3. The normalized spacial score (nSPS) is 14.0. The van der Waals surface area contributed by atoms with Crippen molar-refractivity contribution >= 4 is 79.0 Å². The summed E-state index contributed by atoms with van der Waals surface area (Å²) < 4.78 is 2.58. The van der Waals surface area contributed by atoms with E-state index in [9.17, 15) is 0 Å². The van der Waals surface area contributed by atoms with E-state index in [1.165, 1.54) is 145 Å². The van der Waals surface area contributed by atoms with Gasteiger partial charge in [-0.05, 0) is 204 Å². The molecule has 0 unspecified atom stereocenters. The minimum Gasteiger partial charge on any atom is -0.311 e. The van der Waals surface area contributed by atoms with E-state index < -0.39 is 0 Å². The van der Waals surface area contributed by atoms with Crippen molar-refractivity contribution in [3.05, 3.63) is 239 Å². The lowest BCUT2D eigenvalue weighted by molar-refractivity contribution is 0.567. The van der Waals surface area contributed by atoms with Crippen LogP contribution in [0.15, 0.2) is 194 Å². The van der Waals surface area contributed by atoms with E-state index in [0.29, 0.717) is 0 Å². The summed E-state index contributed by atoms with van der Waals surface area (Å²) >= 11 is 0. The highest BCUT2D eigenvalue weighted by molar-refractivity contribution is 7.00. The molecule has 3 heterocycles. The molecule has 13 rings (SSSR count). The van der Waals surface area contributed by atoms with Crippen molar-refractivity contribution < 1.29 is 0 Å². The van der Waals surface area contributed by atoms with Crippen LogP contribution >= 0.6 is 0 Å². The maximum atomic E-state index is 2.67. The second-order valence-electron chi connectivity index (χ2n) is 36.6. The van der Waals surface area contributed by atoms with E-state index in [2.05, 4.69) is 375 Å². The van der Waals surface area contributed by atoms with E-state index in [0.717, 1.165) is 11.4 Å². The maximum Gasteiger partial charge on any atom is 0.252 e. The number of benzene rings is 10. The molecular weight excluding hydrogens is 1160 g/mol. The van der Waals surface area contributed by atoms with Gasteiger partial charge < -0.3 is 14.4 Å². The van der Waals surface area contributed by atoms with Crippen LogP contribution in [0.5, 0.6) is 0 Å². The number of anilines is 6. The van der Waals surface area contributed by atoms with Crippen LogP contribution in [-0.4, -0.2) is 11.3 Å². The first-order valence-electron chi connectivity index (χ1n) is 35.4. The molecule has 0 amide bonds. The molecular formula is C92H104BN3. The van der Waals surface area contributed by atoms with Crippen LogP contribution in [0, 0.1) is 0 Å². The fourth-order valence-corrected chi connectivity index (χ4v) is 14.7. The number of para-hydroxylation sites is 1. The Morgan fingerprint density at radius 2 is 0.615 bits per heavy atom. The molecule has 1 aromatic heterocycles. The molecule has 3 nitrogen and oxygen atoms in total. The van der Waals surface area contributed by atoms with Crippen LogP contribution in [-0.2, 0) is 43.3 Å². The molecule has 0 spiro atoms. The topological polar surface area (TPSA) is 11.4 Å². The van der Waals surface area contributed by atoms with Gasteiger partial charge in [0.05, 0.1) is 16.7 Å². The predicted molar refractivity (Wildman–Crippen MR) is 421 cm³/mol. The first-order chi connectivity index (χ1) is 44.6. The highest BCUT2D eigenvalue weighted by atomic mass is 15.2. The Kier molecular flexibility index (Phi) is 15.6. The Labute approximate surface area is 577 Å². The van der Waals surface area contributed by atoms with Gasteiger partial charge in [0, 0.05) is 44.9 Å². The smallest absolute Gasteiger partial charge is 0.252 e. The molecule has 0 bridgehead atoms. The Balaban J connectivity index is 1.14. The zero-order valence-corrected chi connectivity index (χ0v) is 62.4. The third-order valence-electron chi connectivity index (χ3n) is 20.9. The highest BCUT2D eigenvalue weighted by Crippen LogP contribution is 2.51. The molecule has 0 N–H and O–H groups in total. The number of fused-ring (bicyclic) bond motifs is 8. The molecule has 0 saturated carbocycles. The van der Waals surface area contributed by atoms with Crippen molar-refractivity contribution in [3.63, 3.8) is 0 Å². The maximum absolute atomic E-state index is 2.67. The van der Waals surface area contributed by atoms with Crippen LogP contribution in [0.25, 0.3) is 60.9 Å². The summed E-state index contributed by atoms with van der Waals surface area (Å²) in [5.41, 5.74) is 32.2. The van der Waals surface area contributed by atoms with Crippen molar-refractivity contribution in [2.45, 2.75) is 209 Å². The van der Waals surface area contributed by atoms with E-state index >= 15 is 0 Å². The van der Waals surface area contributed by atoms with Gasteiger partial charge in [-0.3, -0.25) is 0 Å². The summed E-state index contributed by atoms with van der Waals surface area (Å²) in [6, 6.07) is 77.2. The van der Waals surface area contributed by atoms with Gasteiger partial charge in [0.25, 0.3) is 6.71 Å². The SMILES string of the molecule is CC(C)(C)c1cc(-c2cccc(N3c4cc(-c5cc(C(C)(C)C)cc(C(C)(C)C)c5)ccc4B4c5ccc6c(c5N(c5cccc(-c7cc(C(C)(C)C)cc(C(C)(C)C)c7)c5)c5cccc3c54)c3ccccc3n6-c3cc(C(C)(C)C)cc(C(C)(C)C)c3)c2)cc(C(C)(C)C)c1. The highest BCUT2D eigenvalue weighted by Gasteiger charge is 2.45. The fraction of sp³-hybridized carbons (Fsp3) is 0.348. The van der Waals surface area contributed by atoms with E-state index in [1.807, 2.05) is 0 Å². The van der Waals surface area contributed by atoms with Gasteiger partial charge in [-0.25, -0.2) is 0 Å². The minimum atomic E-state index is -0.126. The summed E-state index contributed by atoms with van der Waals surface area (Å²) in [6.07, 6.45) is 0. The molecule has 0 saturated heterocycles. The molecule has 10 aromatic carbocycles. The van der Waals surface area contributed by atoms with Crippen LogP contribution in [0.2, 0.25) is 0 Å². The minimum absolute atomic E-state index is 0.0355. The summed E-state index contributed by atoms with van der Waals surface area (Å²) in [7, 11) is 0. The molecule has 490 valence electrons. The Morgan fingerprint density at radius 3 is 1.04 bits per heavy atom. The summed E-state index contributed by atoms with van der Waals surface area (Å²) in [5, 5.41) is 2.49. The van der Waals surface area contributed by atoms with Gasteiger partial charge in [-0.2, -0.15) is 0 Å². The van der Waals surface area contributed by atoms with Crippen molar-refractivity contribution in [3.8, 4) is 39.1 Å². The standard InChI is InChI=1S/C92H104BN3/c1-85(2,3)63-42-60(43-64(51-63)86(4,5)6)57-30-27-32-71(48-57)94-79-36-29-37-80-83(79)93(75-39-38-59(50-81(75)94)62-46-67(89(13,14)15)53-68(47-62)90(16,17)18)76-40-41-78-82(74-34-25-26-35-77(74)95(78)73-55-69(91(19,20)21)54-70(56-73)92(22,23)24)84(76)96(80)72-33-28-31-58(49-72)61-44-65(87(7,8)9)52-66(45-61)88(10,11)12/h25-56H,1-24H3. The lowest BCUT2D eigenvalue weighted by atomic mass is 9.33. The fourth-order valence-electron chi connectivity index (χ4n) is 14.7. The molecule has 0 fully saturated rings. The summed E-state index contributed by atoms with van der Waals surface area (Å²) in [6.45, 7) is 56.2. The number of nitrogens with zero attached hydrogens (tertiary/aromatic N) is 3. The number of hydrogen-bond acceptors (Lipinski definition) is 2. The zero-order chi connectivity index (χ0) is 69.1. The van der Waals surface area contributed by atoms with E-state index in [-0.39, 0.29) is 50.0 Å². The van der Waals surface area contributed by atoms with E-state index in [1.54, 1.807) is 0 Å². The molecule has 11 aromatic rings. The average Bonchev–Trinajstić information content (AvgIpc) is 1.19. The quantitative estimate of drug-likeness (QED) is 0.154. The lowest BCUT2D eigenvalue weighted by Gasteiger charge is -2.44. The largest absolute Gasteiger partial charge is 0.311 e. The third kappa shape index (κ3) is 12.0. The van der Waals surface area contributed by atoms with Crippen LogP contribution in [0.3, 0.4) is 0 Å². The molecule has 2 aliphatic rings. The zero-order valence-electron chi connectivity index (χ0n) is 62.4. The third-order valence-corrected chi connectivity index (χ3v) is 20.9. The Morgan fingerprint density at radius 1 is 0.250 bits per heavy atom. The molecule has 0 aliphatic carbocycles. The van der Waals surface area contributed by atoms with Gasteiger partial charge in [-0.15, -0.1) is 0 Å². The Bertz CT molecular complexity index is 4780. The molecule has 2 aliphatic heterocycles. The van der Waals surface area contributed by atoms with Gasteiger partial charge in [0.1, 0.15) is 0 Å². The van der Waals surface area contributed by atoms with Crippen molar-refractivity contribution in [1.29, 1.82) is 0 Å². The van der Waals surface area contributed by atoms with Gasteiger partial charge in [0.15, 0.2) is 0 Å². The van der Waals surface area contributed by atoms with Gasteiger partial charge in [-0.1, -0.05) is 294 Å². The number of rotatable bonds is 6. The monoisotopic (exact) mass is 1260 g/mol. The summed E-state index contributed by atoms with van der Waals surface area (Å²) in [5.74, 6) is 0. The molecule has 0 radical (unpaired) electrons. The van der Waals surface area contributed by atoms with Crippen LogP contribution in [0.4, 0.5) is 34.1 Å². The van der Waals surface area contributed by atoms with Crippen LogP contribution in [0.1, 0.15) is 211 Å². The number of aromatic nitrogens is 1. The lowest BCUT2D eigenvalue weighted by Crippen LogP contribution is -2.61. The van der Waals surface area contributed by atoms with E-state index in [4.69, 9.17) is 0 Å². The Hall–Kier alpha value is -8.34. The first-order valence-corrected chi connectivity index (χ1v) is 35.4. The van der Waals surface area contributed by atoms with Crippen LogP contribution < -0.4 is 26.2 Å². The van der Waals surface area contributed by atoms with Crippen molar-refractivity contribution in [2.24, 2.45) is 0 Å².